The van der Waals surface area contributed by atoms with Crippen molar-refractivity contribution in [1.82, 2.24) is 0 Å². The monoisotopic (exact) mass is 350 g/mol. The van der Waals surface area contributed by atoms with Crippen molar-refractivity contribution in [1.29, 1.82) is 0 Å². The molecule has 0 heterocycles. The van der Waals surface area contributed by atoms with Gasteiger partial charge in [-0.3, -0.25) is 9.59 Å². The first-order valence-corrected chi connectivity index (χ1v) is 8.32. The molecular formula is C19H26O6. The molecule has 0 spiro atoms. The van der Waals surface area contributed by atoms with Crippen LogP contribution >= 0.6 is 0 Å². The zero-order valence-electron chi connectivity index (χ0n) is 15.0. The highest BCUT2D eigenvalue weighted by Crippen LogP contribution is 2.18. The van der Waals surface area contributed by atoms with Gasteiger partial charge >= 0.3 is 11.9 Å². The molecule has 0 aliphatic heterocycles. The van der Waals surface area contributed by atoms with Crippen molar-refractivity contribution in [3.8, 4) is 0 Å². The lowest BCUT2D eigenvalue weighted by Crippen LogP contribution is -2.33. The third-order valence-electron chi connectivity index (χ3n) is 3.63. The van der Waals surface area contributed by atoms with Gasteiger partial charge in [0.15, 0.2) is 0 Å². The van der Waals surface area contributed by atoms with E-state index in [1.165, 1.54) is 13.8 Å². The Hall–Kier alpha value is -2.21. The van der Waals surface area contributed by atoms with E-state index in [0.29, 0.717) is 19.5 Å². The minimum Gasteiger partial charge on any atom is -0.462 e. The Balaban J connectivity index is 2.60. The normalized spacial score (nSPS) is 14.2. The van der Waals surface area contributed by atoms with Gasteiger partial charge < -0.3 is 19.0 Å². The standard InChI is InChI=1S/C19H26O6/c1-14(12-23-13-17-7-5-4-6-8-17)19(25-16(3)22)11-18(9-10-20)24-15(2)21/h4-8,10,14,18-19H,9,11-13H2,1-3H3. The quantitative estimate of drug-likeness (QED) is 0.451. The fourth-order valence-electron chi connectivity index (χ4n) is 2.45. The van der Waals surface area contributed by atoms with Gasteiger partial charge in [-0.05, 0) is 5.56 Å². The van der Waals surface area contributed by atoms with Gasteiger partial charge in [-0.25, -0.2) is 0 Å². The topological polar surface area (TPSA) is 78.9 Å². The van der Waals surface area contributed by atoms with Crippen molar-refractivity contribution in [3.63, 3.8) is 0 Å². The molecule has 6 nitrogen and oxygen atoms in total. The molecule has 0 saturated heterocycles. The smallest absolute Gasteiger partial charge is 0.302 e. The molecule has 0 fully saturated rings. The fourth-order valence-corrected chi connectivity index (χ4v) is 2.45. The van der Waals surface area contributed by atoms with Gasteiger partial charge in [0, 0.05) is 32.6 Å². The average Bonchev–Trinajstić information content (AvgIpc) is 2.54. The van der Waals surface area contributed by atoms with E-state index >= 15 is 0 Å². The van der Waals surface area contributed by atoms with Crippen LogP contribution in [0.5, 0.6) is 0 Å². The van der Waals surface area contributed by atoms with Crippen LogP contribution in [0.2, 0.25) is 0 Å². The van der Waals surface area contributed by atoms with E-state index < -0.39 is 24.1 Å². The van der Waals surface area contributed by atoms with Crippen molar-refractivity contribution in [3.05, 3.63) is 35.9 Å². The minimum absolute atomic E-state index is 0.0644. The van der Waals surface area contributed by atoms with Crippen molar-refractivity contribution in [2.75, 3.05) is 6.61 Å². The highest BCUT2D eigenvalue weighted by Gasteiger charge is 2.26. The van der Waals surface area contributed by atoms with Crippen molar-refractivity contribution >= 4 is 18.2 Å². The van der Waals surface area contributed by atoms with Gasteiger partial charge in [-0.15, -0.1) is 0 Å². The zero-order chi connectivity index (χ0) is 18.7. The molecule has 0 N–H and O–H groups in total. The number of rotatable bonds is 11. The molecule has 1 aromatic rings. The van der Waals surface area contributed by atoms with Crippen LogP contribution in [0.1, 0.15) is 39.2 Å². The molecule has 0 amide bonds. The van der Waals surface area contributed by atoms with Gasteiger partial charge in [0.05, 0.1) is 13.2 Å². The van der Waals surface area contributed by atoms with Crippen LogP contribution in [-0.4, -0.2) is 37.0 Å². The second-order valence-corrected chi connectivity index (χ2v) is 6.00. The van der Waals surface area contributed by atoms with Gasteiger partial charge in [0.2, 0.25) is 0 Å². The van der Waals surface area contributed by atoms with Crippen LogP contribution in [-0.2, 0) is 35.2 Å². The molecule has 1 aromatic carbocycles. The Labute approximate surface area is 148 Å². The van der Waals surface area contributed by atoms with Crippen LogP contribution in [0.4, 0.5) is 0 Å². The first-order chi connectivity index (χ1) is 11.9. The molecule has 0 aromatic heterocycles. The SMILES string of the molecule is CC(=O)OC(CC=O)CC(OC(C)=O)C(C)COCc1ccccc1. The Morgan fingerprint density at radius 1 is 1.08 bits per heavy atom. The molecule has 0 saturated carbocycles. The summed E-state index contributed by atoms with van der Waals surface area (Å²) in [5.41, 5.74) is 1.05. The van der Waals surface area contributed by atoms with E-state index in [-0.39, 0.29) is 18.8 Å². The van der Waals surface area contributed by atoms with E-state index in [9.17, 15) is 14.4 Å². The van der Waals surface area contributed by atoms with E-state index in [1.807, 2.05) is 37.3 Å². The van der Waals surface area contributed by atoms with Crippen molar-refractivity contribution < 1.29 is 28.6 Å². The molecule has 3 unspecified atom stereocenters. The predicted octanol–water partition coefficient (Wildman–Crippen LogP) is 2.68. The zero-order valence-corrected chi connectivity index (χ0v) is 15.0. The number of carbonyl (C=O) groups excluding carboxylic acids is 3. The summed E-state index contributed by atoms with van der Waals surface area (Å²) in [7, 11) is 0. The van der Waals surface area contributed by atoms with Gasteiger partial charge in [0.25, 0.3) is 0 Å². The summed E-state index contributed by atoms with van der Waals surface area (Å²) in [6.07, 6.45) is -0.106. The number of carbonyl (C=O) groups is 3. The lowest BCUT2D eigenvalue weighted by molar-refractivity contribution is -0.156. The molecule has 138 valence electrons. The molecule has 25 heavy (non-hydrogen) atoms. The predicted molar refractivity (Wildman–Crippen MR) is 91.7 cm³/mol. The lowest BCUT2D eigenvalue weighted by atomic mass is 9.98. The summed E-state index contributed by atoms with van der Waals surface area (Å²) in [6, 6.07) is 9.74. The van der Waals surface area contributed by atoms with Crippen LogP contribution < -0.4 is 0 Å². The third-order valence-corrected chi connectivity index (χ3v) is 3.63. The van der Waals surface area contributed by atoms with E-state index in [4.69, 9.17) is 14.2 Å². The molecule has 0 aliphatic rings. The maximum absolute atomic E-state index is 11.4. The van der Waals surface area contributed by atoms with Crippen LogP contribution in [0.3, 0.4) is 0 Å². The molecule has 3 atom stereocenters. The number of esters is 2. The third kappa shape index (κ3) is 9.00. The summed E-state index contributed by atoms with van der Waals surface area (Å²) < 4.78 is 16.2. The highest BCUT2D eigenvalue weighted by atomic mass is 16.6. The van der Waals surface area contributed by atoms with E-state index in [2.05, 4.69) is 0 Å². The summed E-state index contributed by atoms with van der Waals surface area (Å²) >= 11 is 0. The number of benzene rings is 1. The van der Waals surface area contributed by atoms with Crippen molar-refractivity contribution in [2.24, 2.45) is 5.92 Å². The van der Waals surface area contributed by atoms with Gasteiger partial charge in [0.1, 0.15) is 18.5 Å². The van der Waals surface area contributed by atoms with Gasteiger partial charge in [-0.1, -0.05) is 37.3 Å². The highest BCUT2D eigenvalue weighted by molar-refractivity contribution is 5.67. The maximum Gasteiger partial charge on any atom is 0.302 e. The number of aldehydes is 1. The number of hydrogen-bond acceptors (Lipinski definition) is 6. The summed E-state index contributed by atoms with van der Waals surface area (Å²) in [4.78, 5) is 33.3. The molecular weight excluding hydrogens is 324 g/mol. The van der Waals surface area contributed by atoms with Crippen LogP contribution in [0.15, 0.2) is 30.3 Å². The Kier molecular flexibility index (Phi) is 9.47. The maximum atomic E-state index is 11.4. The first kappa shape index (κ1) is 20.8. The second kappa shape index (κ2) is 11.4. The Morgan fingerprint density at radius 2 is 1.72 bits per heavy atom. The molecule has 0 radical (unpaired) electrons. The fraction of sp³-hybridized carbons (Fsp3) is 0.526. The second-order valence-electron chi connectivity index (χ2n) is 6.00. The summed E-state index contributed by atoms with van der Waals surface area (Å²) in [6.45, 7) is 5.33. The average molecular weight is 350 g/mol. The van der Waals surface area contributed by atoms with E-state index in [0.717, 1.165) is 5.56 Å². The van der Waals surface area contributed by atoms with E-state index in [1.54, 1.807) is 0 Å². The summed E-state index contributed by atoms with van der Waals surface area (Å²) in [5.74, 6) is -1.01. The van der Waals surface area contributed by atoms with Gasteiger partial charge in [-0.2, -0.15) is 0 Å². The number of hydrogen-bond donors (Lipinski definition) is 0. The van der Waals surface area contributed by atoms with Crippen LogP contribution in [0, 0.1) is 5.92 Å². The molecule has 6 heteroatoms. The largest absolute Gasteiger partial charge is 0.462 e. The molecule has 0 aliphatic carbocycles. The number of ether oxygens (including phenoxy) is 3. The Bertz CT molecular complexity index is 542. The Morgan fingerprint density at radius 3 is 2.28 bits per heavy atom. The van der Waals surface area contributed by atoms with Crippen molar-refractivity contribution in [2.45, 2.75) is 52.4 Å². The lowest BCUT2D eigenvalue weighted by Gasteiger charge is -2.27. The van der Waals surface area contributed by atoms with Crippen LogP contribution in [0.25, 0.3) is 0 Å². The molecule has 0 bridgehead atoms. The molecule has 1 rings (SSSR count). The minimum atomic E-state index is -0.615. The summed E-state index contributed by atoms with van der Waals surface area (Å²) in [5, 5.41) is 0. The first-order valence-electron chi connectivity index (χ1n) is 8.32.